The van der Waals surface area contributed by atoms with Crippen LogP contribution in [0.1, 0.15) is 10.4 Å². The highest BCUT2D eigenvalue weighted by molar-refractivity contribution is 7.92. The van der Waals surface area contributed by atoms with E-state index in [1.165, 1.54) is 25.2 Å². The van der Waals surface area contributed by atoms with Gasteiger partial charge in [0, 0.05) is 47.2 Å². The molecule has 0 amide bonds. The van der Waals surface area contributed by atoms with E-state index in [9.17, 15) is 17.6 Å². The Bertz CT molecular complexity index is 2130. The molecule has 0 atom stereocenters. The van der Waals surface area contributed by atoms with Gasteiger partial charge in [-0.25, -0.2) is 22.6 Å². The van der Waals surface area contributed by atoms with Gasteiger partial charge in [0.1, 0.15) is 23.0 Å². The molecule has 6 aromatic rings. The number of pyridine rings is 1. The minimum absolute atomic E-state index is 0.297. The summed E-state index contributed by atoms with van der Waals surface area (Å²) >= 11 is 0. The molecule has 1 N–H and O–H groups in total. The maximum atomic E-state index is 14.5. The van der Waals surface area contributed by atoms with Crippen molar-refractivity contribution < 1.29 is 22.3 Å². The first kappa shape index (κ1) is 30.0. The van der Waals surface area contributed by atoms with Gasteiger partial charge >= 0.3 is 5.97 Å². The number of carbonyl (C=O) groups excluding carboxylic acids is 1. The number of hydrogen-bond acceptors (Lipinski definition) is 6. The van der Waals surface area contributed by atoms with E-state index < -0.39 is 20.7 Å². The van der Waals surface area contributed by atoms with Crippen molar-refractivity contribution in [3.8, 4) is 22.3 Å². The van der Waals surface area contributed by atoms with Crippen LogP contribution in [0, 0.1) is 5.82 Å². The van der Waals surface area contributed by atoms with Gasteiger partial charge in [-0.3, -0.25) is 4.31 Å². The highest BCUT2D eigenvalue weighted by Gasteiger charge is 2.26. The number of esters is 1. The fourth-order valence-electron chi connectivity index (χ4n) is 5.29. The Morgan fingerprint density at radius 3 is 2.31 bits per heavy atom. The number of sulfonamides is 1. The van der Waals surface area contributed by atoms with Gasteiger partial charge < -0.3 is 14.6 Å². The Kier molecular flexibility index (Phi) is 8.09. The molecule has 45 heavy (non-hydrogen) atoms. The number of nitrogens with zero attached hydrogens (tertiary/aromatic N) is 3. The van der Waals surface area contributed by atoms with Gasteiger partial charge in [-0.05, 0) is 67.7 Å². The van der Waals surface area contributed by atoms with Gasteiger partial charge in [0.2, 0.25) is 0 Å². The van der Waals surface area contributed by atoms with Crippen molar-refractivity contribution in [2.75, 3.05) is 38.6 Å². The van der Waals surface area contributed by atoms with E-state index >= 15 is 0 Å². The predicted molar refractivity (Wildman–Crippen MR) is 175 cm³/mol. The van der Waals surface area contributed by atoms with E-state index in [1.807, 2.05) is 61.5 Å². The van der Waals surface area contributed by atoms with E-state index in [-0.39, 0.29) is 5.97 Å². The fraction of sp³-hybridized carbons (Fsp3) is 0.143. The first-order chi connectivity index (χ1) is 21.6. The number of hydrogen-bond donors (Lipinski definition) is 1. The zero-order valence-corrected chi connectivity index (χ0v) is 25.8. The van der Waals surface area contributed by atoms with Crippen molar-refractivity contribution in [3.63, 3.8) is 0 Å². The number of fused-ring (bicyclic) bond motifs is 3. The number of benzene rings is 4. The summed E-state index contributed by atoms with van der Waals surface area (Å²) in [4.78, 5) is 22.2. The van der Waals surface area contributed by atoms with Crippen LogP contribution in [-0.2, 0) is 14.8 Å². The third kappa shape index (κ3) is 5.77. The third-order valence-electron chi connectivity index (χ3n) is 7.71. The molecule has 0 saturated carbocycles. The number of aromatic amines is 1. The maximum Gasteiger partial charge on any atom is 0.338 e. The number of H-pyrrole nitrogens is 1. The molecule has 10 heteroatoms. The Morgan fingerprint density at radius 1 is 0.889 bits per heavy atom. The minimum atomic E-state index is -4.17. The lowest BCUT2D eigenvalue weighted by Gasteiger charge is -2.20. The van der Waals surface area contributed by atoms with Crippen molar-refractivity contribution in [2.45, 2.75) is 4.90 Å². The van der Waals surface area contributed by atoms with Crippen LogP contribution in [-0.4, -0.2) is 63.5 Å². The number of halogens is 1. The van der Waals surface area contributed by atoms with Crippen LogP contribution in [0.2, 0.25) is 0 Å². The lowest BCUT2D eigenvalue weighted by atomic mass is 9.92. The molecular formula is C35H31FN4O4S. The van der Waals surface area contributed by atoms with E-state index in [4.69, 9.17) is 9.72 Å². The van der Waals surface area contributed by atoms with E-state index in [1.54, 1.807) is 36.5 Å². The summed E-state index contributed by atoms with van der Waals surface area (Å²) in [5, 5.41) is 1.56. The molecule has 0 aliphatic carbocycles. The second kappa shape index (κ2) is 12.1. The summed E-state index contributed by atoms with van der Waals surface area (Å²) in [5.41, 5.74) is 5.72. The van der Waals surface area contributed by atoms with Crippen molar-refractivity contribution >= 4 is 43.6 Å². The summed E-state index contributed by atoms with van der Waals surface area (Å²) < 4.78 is 47.8. The molecule has 0 unspecified atom stereocenters. The number of rotatable bonds is 9. The largest absolute Gasteiger partial charge is 0.461 e. The molecule has 228 valence electrons. The summed E-state index contributed by atoms with van der Waals surface area (Å²) in [5.74, 6) is -1.20. The van der Waals surface area contributed by atoms with Gasteiger partial charge in [-0.2, -0.15) is 0 Å². The van der Waals surface area contributed by atoms with Crippen LogP contribution in [0.25, 0.3) is 44.2 Å². The molecule has 0 radical (unpaired) electrons. The number of nitrogens with one attached hydrogen (secondary N) is 1. The van der Waals surface area contributed by atoms with Crippen LogP contribution < -0.4 is 4.31 Å². The van der Waals surface area contributed by atoms with E-state index in [0.29, 0.717) is 30.0 Å². The zero-order valence-electron chi connectivity index (χ0n) is 25.0. The molecule has 0 fully saturated rings. The third-order valence-corrected chi connectivity index (χ3v) is 9.53. The highest BCUT2D eigenvalue weighted by atomic mass is 32.2. The SMILES string of the molecule is CN(C)CCOC(=O)c1ccc(-c2cnc3[nH]c4ccc(N(C)S(=O)(=O)c5ccccc5F)cc4c3c2-c2ccccc2)cc1. The molecule has 6 rings (SSSR count). The van der Waals surface area contributed by atoms with Gasteiger partial charge in [0.05, 0.1) is 11.3 Å². The molecule has 4 aromatic carbocycles. The van der Waals surface area contributed by atoms with Gasteiger partial charge in [-0.15, -0.1) is 0 Å². The van der Waals surface area contributed by atoms with E-state index in [2.05, 4.69) is 4.98 Å². The van der Waals surface area contributed by atoms with Crippen LogP contribution >= 0.6 is 0 Å². The minimum Gasteiger partial charge on any atom is -0.461 e. The number of anilines is 1. The zero-order chi connectivity index (χ0) is 31.7. The summed E-state index contributed by atoms with van der Waals surface area (Å²) in [7, 11) is 1.07. The van der Waals surface area contributed by atoms with Crippen molar-refractivity contribution in [2.24, 2.45) is 0 Å². The maximum absolute atomic E-state index is 14.5. The Hall–Kier alpha value is -5.06. The van der Waals surface area contributed by atoms with E-state index in [0.717, 1.165) is 48.9 Å². The normalized spacial score (nSPS) is 11.8. The Labute approximate surface area is 260 Å². The molecular weight excluding hydrogens is 591 g/mol. The van der Waals surface area contributed by atoms with Crippen molar-refractivity contribution in [1.82, 2.24) is 14.9 Å². The molecule has 0 saturated heterocycles. The lowest BCUT2D eigenvalue weighted by molar-refractivity contribution is 0.0482. The highest BCUT2D eigenvalue weighted by Crippen LogP contribution is 2.41. The van der Waals surface area contributed by atoms with Gasteiger partial charge in [-0.1, -0.05) is 54.6 Å². The predicted octanol–water partition coefficient (Wildman–Crippen LogP) is 6.73. The smallest absolute Gasteiger partial charge is 0.338 e. The van der Waals surface area contributed by atoms with Crippen LogP contribution in [0.5, 0.6) is 0 Å². The standard InChI is InChI=1S/C35H31FN4O4S/c1-39(2)19-20-44-35(41)25-15-13-23(14-16-25)28-22-37-34-33(32(28)24-9-5-4-6-10-24)27-21-26(17-18-30(27)38-34)40(3)45(42,43)31-12-8-7-11-29(31)36/h4-18,21-22H,19-20H2,1-3H3,(H,37,38). The second-order valence-electron chi connectivity index (χ2n) is 10.9. The quantitative estimate of drug-likeness (QED) is 0.180. The fourth-order valence-corrected chi connectivity index (χ4v) is 6.54. The average Bonchev–Trinajstić information content (AvgIpc) is 3.42. The summed E-state index contributed by atoms with van der Waals surface area (Å²) in [6.45, 7) is 0.929. The molecule has 0 aliphatic heterocycles. The number of likely N-dealkylation sites (N-methyl/N-ethyl adjacent to an activating group) is 1. The molecule has 2 aromatic heterocycles. The van der Waals surface area contributed by atoms with Gasteiger partial charge in [0.25, 0.3) is 10.0 Å². The van der Waals surface area contributed by atoms with Crippen molar-refractivity contribution in [1.29, 1.82) is 0 Å². The molecule has 8 nitrogen and oxygen atoms in total. The lowest BCUT2D eigenvalue weighted by Crippen LogP contribution is -2.27. The molecule has 2 heterocycles. The number of aromatic nitrogens is 2. The number of carbonyl (C=O) groups is 1. The van der Waals surface area contributed by atoms with Crippen LogP contribution in [0.3, 0.4) is 0 Å². The topological polar surface area (TPSA) is 95.6 Å². The molecule has 0 aliphatic rings. The Balaban J connectivity index is 1.47. The summed E-state index contributed by atoms with van der Waals surface area (Å²) in [6.07, 6.45) is 1.79. The van der Waals surface area contributed by atoms with Crippen LogP contribution in [0.15, 0.2) is 108 Å². The molecule has 0 spiro atoms. The Morgan fingerprint density at radius 2 is 1.60 bits per heavy atom. The monoisotopic (exact) mass is 622 g/mol. The van der Waals surface area contributed by atoms with Gasteiger partial charge in [0.15, 0.2) is 0 Å². The first-order valence-corrected chi connectivity index (χ1v) is 15.7. The van der Waals surface area contributed by atoms with Crippen molar-refractivity contribution in [3.05, 3.63) is 115 Å². The second-order valence-corrected chi connectivity index (χ2v) is 12.8. The van der Waals surface area contributed by atoms with Crippen LogP contribution in [0.4, 0.5) is 10.1 Å². The first-order valence-electron chi connectivity index (χ1n) is 14.3. The average molecular weight is 623 g/mol. The molecule has 0 bridgehead atoms. The summed E-state index contributed by atoms with van der Waals surface area (Å²) in [6, 6.07) is 27.6. The number of ether oxygens (including phenoxy) is 1.